The van der Waals surface area contributed by atoms with Crippen LogP contribution >= 0.6 is 27.5 Å². The Bertz CT molecular complexity index is 811. The van der Waals surface area contributed by atoms with Crippen LogP contribution in [0.4, 0.5) is 5.69 Å². The van der Waals surface area contributed by atoms with Gasteiger partial charge in [0.2, 0.25) is 15.0 Å². The number of anilines is 1. The fourth-order valence-corrected chi connectivity index (χ4v) is 2.49. The second kappa shape index (κ2) is 6.08. The van der Waals surface area contributed by atoms with Crippen LogP contribution in [0.15, 0.2) is 40.1 Å². The number of aromatic nitrogens is 2. The number of nitrogens with zero attached hydrogens (tertiary/aromatic N) is 2. The Labute approximate surface area is 134 Å². The summed E-state index contributed by atoms with van der Waals surface area (Å²) >= 11 is 9.14. The molecule has 1 amide bonds. The second-order valence-corrected chi connectivity index (χ2v) is 7.23. The highest BCUT2D eigenvalue weighted by Gasteiger charge is 2.19. The van der Waals surface area contributed by atoms with E-state index in [-0.39, 0.29) is 10.7 Å². The number of halogens is 2. The molecule has 2 aromatic rings. The molecular weight excluding hydrogens is 382 g/mol. The third-order valence-electron chi connectivity index (χ3n) is 2.39. The maximum absolute atomic E-state index is 12.2. The molecule has 1 heterocycles. The maximum atomic E-state index is 12.2. The molecule has 1 aromatic heterocycles. The van der Waals surface area contributed by atoms with Gasteiger partial charge in [0.05, 0.1) is 16.9 Å². The van der Waals surface area contributed by atoms with Crippen molar-refractivity contribution >= 4 is 49.0 Å². The van der Waals surface area contributed by atoms with Crippen LogP contribution in [0.25, 0.3) is 0 Å². The smallest absolute Gasteiger partial charge is 0.276 e. The molecule has 2 rings (SSSR count). The summed E-state index contributed by atoms with van der Waals surface area (Å²) in [4.78, 5) is 19.5. The van der Waals surface area contributed by atoms with Gasteiger partial charge in [0.25, 0.3) is 5.91 Å². The minimum Gasteiger partial charge on any atom is -0.320 e. The molecular formula is C12H9BrClN3O3S. The van der Waals surface area contributed by atoms with Gasteiger partial charge in [-0.1, -0.05) is 23.7 Å². The van der Waals surface area contributed by atoms with Crippen molar-refractivity contribution in [1.82, 2.24) is 9.97 Å². The molecule has 9 heteroatoms. The van der Waals surface area contributed by atoms with E-state index in [2.05, 4.69) is 31.2 Å². The van der Waals surface area contributed by atoms with Gasteiger partial charge in [-0.2, -0.15) is 0 Å². The summed E-state index contributed by atoms with van der Waals surface area (Å²) in [5, 5.41) is 2.10. The van der Waals surface area contributed by atoms with E-state index >= 15 is 0 Å². The van der Waals surface area contributed by atoms with E-state index in [4.69, 9.17) is 11.6 Å². The largest absolute Gasteiger partial charge is 0.320 e. The Morgan fingerprint density at radius 3 is 2.62 bits per heavy atom. The van der Waals surface area contributed by atoms with Crippen LogP contribution in [0.1, 0.15) is 10.5 Å². The standard InChI is InChI=1S/C12H9BrClN3O3S/c1-21(19,20)12-15-6-8(14)10(17-12)11(18)16-9-5-3-2-4-7(9)13/h2-6H,1H3,(H,16,18). The summed E-state index contributed by atoms with van der Waals surface area (Å²) < 4.78 is 23.5. The molecule has 0 unspecified atom stereocenters. The van der Waals surface area contributed by atoms with Crippen molar-refractivity contribution in [3.05, 3.63) is 45.7 Å². The fourth-order valence-electron chi connectivity index (χ4n) is 1.43. The number of sulfone groups is 1. The number of hydrogen-bond donors (Lipinski definition) is 1. The molecule has 0 aliphatic carbocycles. The van der Waals surface area contributed by atoms with Crippen molar-refractivity contribution in [3.63, 3.8) is 0 Å². The summed E-state index contributed by atoms with van der Waals surface area (Å²) in [5.74, 6) is -0.626. The Morgan fingerprint density at radius 1 is 1.33 bits per heavy atom. The van der Waals surface area contributed by atoms with E-state index in [0.29, 0.717) is 10.2 Å². The zero-order valence-electron chi connectivity index (χ0n) is 10.7. The number of para-hydroxylation sites is 1. The molecule has 0 aliphatic heterocycles. The Kier molecular flexibility index (Phi) is 4.60. The first-order valence-corrected chi connectivity index (χ1v) is 8.64. The lowest BCUT2D eigenvalue weighted by molar-refractivity contribution is 0.102. The third kappa shape index (κ3) is 3.78. The van der Waals surface area contributed by atoms with Gasteiger partial charge in [-0.25, -0.2) is 18.4 Å². The summed E-state index contributed by atoms with van der Waals surface area (Å²) in [5.41, 5.74) is 0.306. The summed E-state index contributed by atoms with van der Waals surface area (Å²) in [6.45, 7) is 0. The second-order valence-electron chi connectivity index (χ2n) is 4.06. The Morgan fingerprint density at radius 2 is 2.00 bits per heavy atom. The first-order valence-electron chi connectivity index (χ1n) is 5.57. The number of rotatable bonds is 3. The van der Waals surface area contributed by atoms with Crippen LogP contribution in [0.5, 0.6) is 0 Å². The van der Waals surface area contributed by atoms with E-state index in [9.17, 15) is 13.2 Å². The fraction of sp³-hybridized carbons (Fsp3) is 0.0833. The molecule has 0 atom stereocenters. The third-order valence-corrected chi connectivity index (χ3v) is 4.22. The SMILES string of the molecule is CS(=O)(=O)c1ncc(Cl)c(C(=O)Nc2ccccc2Br)n1. The van der Waals surface area contributed by atoms with Crippen LogP contribution in [-0.2, 0) is 9.84 Å². The maximum Gasteiger partial charge on any atom is 0.276 e. The lowest BCUT2D eigenvalue weighted by atomic mass is 10.3. The number of carbonyl (C=O) groups is 1. The number of carbonyl (C=O) groups excluding carboxylic acids is 1. The van der Waals surface area contributed by atoms with Crippen molar-refractivity contribution in [3.8, 4) is 0 Å². The van der Waals surface area contributed by atoms with E-state index in [1.807, 2.05) is 0 Å². The summed E-state index contributed by atoms with van der Waals surface area (Å²) in [6, 6.07) is 6.96. The van der Waals surface area contributed by atoms with Crippen LogP contribution < -0.4 is 5.32 Å². The lowest BCUT2D eigenvalue weighted by Gasteiger charge is -2.08. The summed E-state index contributed by atoms with van der Waals surface area (Å²) in [6.07, 6.45) is 2.03. The van der Waals surface area contributed by atoms with E-state index in [0.717, 1.165) is 12.5 Å². The number of nitrogens with one attached hydrogen (secondary N) is 1. The Hall–Kier alpha value is -1.51. The predicted octanol–water partition coefficient (Wildman–Crippen LogP) is 2.55. The topological polar surface area (TPSA) is 89.0 Å². The van der Waals surface area contributed by atoms with Crippen LogP contribution in [0.2, 0.25) is 5.02 Å². The van der Waals surface area contributed by atoms with Crippen molar-refractivity contribution < 1.29 is 13.2 Å². The van der Waals surface area contributed by atoms with E-state index in [1.165, 1.54) is 0 Å². The normalized spacial score (nSPS) is 11.2. The highest BCUT2D eigenvalue weighted by atomic mass is 79.9. The monoisotopic (exact) mass is 389 g/mol. The van der Waals surface area contributed by atoms with Crippen molar-refractivity contribution in [2.45, 2.75) is 5.16 Å². The van der Waals surface area contributed by atoms with E-state index in [1.54, 1.807) is 24.3 Å². The van der Waals surface area contributed by atoms with Crippen LogP contribution in [0.3, 0.4) is 0 Å². The van der Waals surface area contributed by atoms with Gasteiger partial charge >= 0.3 is 0 Å². The molecule has 1 aromatic carbocycles. The van der Waals surface area contributed by atoms with Crippen molar-refractivity contribution in [1.29, 1.82) is 0 Å². The number of hydrogen-bond acceptors (Lipinski definition) is 5. The minimum atomic E-state index is -3.63. The van der Waals surface area contributed by atoms with Crippen LogP contribution in [-0.4, -0.2) is 30.5 Å². The molecule has 1 N–H and O–H groups in total. The van der Waals surface area contributed by atoms with Gasteiger partial charge in [-0.05, 0) is 28.1 Å². The molecule has 0 spiro atoms. The summed E-state index contributed by atoms with van der Waals surface area (Å²) in [7, 11) is -3.63. The van der Waals surface area contributed by atoms with Crippen LogP contribution in [0, 0.1) is 0 Å². The quantitative estimate of drug-likeness (QED) is 0.814. The number of benzene rings is 1. The molecule has 21 heavy (non-hydrogen) atoms. The van der Waals surface area contributed by atoms with Gasteiger partial charge in [0.1, 0.15) is 0 Å². The molecule has 0 aliphatic rings. The van der Waals surface area contributed by atoms with Crippen molar-refractivity contribution in [2.75, 3.05) is 11.6 Å². The average molecular weight is 391 g/mol. The van der Waals surface area contributed by atoms with Crippen molar-refractivity contribution in [2.24, 2.45) is 0 Å². The molecule has 0 radical (unpaired) electrons. The number of amides is 1. The first kappa shape index (κ1) is 15.9. The van der Waals surface area contributed by atoms with E-state index < -0.39 is 20.9 Å². The minimum absolute atomic E-state index is 0.0352. The van der Waals surface area contributed by atoms with Gasteiger partial charge < -0.3 is 5.32 Å². The first-order chi connectivity index (χ1) is 9.79. The van der Waals surface area contributed by atoms with Gasteiger partial charge in [-0.3, -0.25) is 4.79 Å². The molecule has 110 valence electrons. The zero-order chi connectivity index (χ0) is 15.6. The molecule has 0 bridgehead atoms. The molecule has 0 fully saturated rings. The Balaban J connectivity index is 2.38. The highest BCUT2D eigenvalue weighted by Crippen LogP contribution is 2.23. The van der Waals surface area contributed by atoms with Gasteiger partial charge in [0, 0.05) is 10.7 Å². The van der Waals surface area contributed by atoms with Gasteiger partial charge in [-0.15, -0.1) is 0 Å². The van der Waals surface area contributed by atoms with Gasteiger partial charge in [0.15, 0.2) is 5.69 Å². The highest BCUT2D eigenvalue weighted by molar-refractivity contribution is 9.10. The lowest BCUT2D eigenvalue weighted by Crippen LogP contribution is -2.17. The predicted molar refractivity (Wildman–Crippen MR) is 82.2 cm³/mol. The average Bonchev–Trinajstić information content (AvgIpc) is 2.40. The molecule has 0 saturated heterocycles. The zero-order valence-corrected chi connectivity index (χ0v) is 13.8. The molecule has 6 nitrogen and oxygen atoms in total. The molecule has 0 saturated carbocycles.